The van der Waals surface area contributed by atoms with Gasteiger partial charge >= 0.3 is 6.03 Å². The molecular formula is C29H25BrN4O5. The summed E-state index contributed by atoms with van der Waals surface area (Å²) in [6.45, 7) is 3.81. The van der Waals surface area contributed by atoms with E-state index in [0.717, 1.165) is 16.0 Å². The zero-order valence-corrected chi connectivity index (χ0v) is 22.9. The van der Waals surface area contributed by atoms with Crippen LogP contribution in [-0.4, -0.2) is 35.9 Å². The number of aryl methyl sites for hydroxylation is 1. The van der Waals surface area contributed by atoms with Crippen LogP contribution in [0, 0.1) is 18.3 Å². The number of rotatable bonds is 9. The van der Waals surface area contributed by atoms with Crippen molar-refractivity contribution in [1.82, 2.24) is 10.2 Å². The Hall–Kier alpha value is -4.62. The van der Waals surface area contributed by atoms with Gasteiger partial charge in [0.25, 0.3) is 5.91 Å². The number of nitrogens with one attached hydrogen (secondary N) is 2. The molecule has 9 nitrogen and oxygen atoms in total. The summed E-state index contributed by atoms with van der Waals surface area (Å²) < 4.78 is 12.3. The lowest BCUT2D eigenvalue weighted by Gasteiger charge is -2.15. The Morgan fingerprint density at radius 2 is 1.87 bits per heavy atom. The van der Waals surface area contributed by atoms with Gasteiger partial charge in [-0.15, -0.1) is 0 Å². The SMILES string of the molecule is CCOc1cc(/C=C2/NC(=O)N(CC(=O)Nc3cccc(C)c3)C2=O)c(Br)cc1OCc1ccccc1C#N. The van der Waals surface area contributed by atoms with Crippen LogP contribution in [0.1, 0.15) is 29.2 Å². The second-order valence-corrected chi connectivity index (χ2v) is 9.46. The van der Waals surface area contributed by atoms with Crippen molar-refractivity contribution in [2.24, 2.45) is 0 Å². The second-order valence-electron chi connectivity index (χ2n) is 8.61. The van der Waals surface area contributed by atoms with E-state index >= 15 is 0 Å². The highest BCUT2D eigenvalue weighted by atomic mass is 79.9. The van der Waals surface area contributed by atoms with Gasteiger partial charge in [-0.25, -0.2) is 9.69 Å². The molecule has 0 bridgehead atoms. The van der Waals surface area contributed by atoms with Crippen LogP contribution in [0.4, 0.5) is 10.5 Å². The van der Waals surface area contributed by atoms with E-state index in [4.69, 9.17) is 9.47 Å². The molecular weight excluding hydrogens is 564 g/mol. The zero-order chi connectivity index (χ0) is 27.9. The van der Waals surface area contributed by atoms with E-state index in [2.05, 4.69) is 32.6 Å². The van der Waals surface area contributed by atoms with Gasteiger partial charge in [0.2, 0.25) is 5.91 Å². The van der Waals surface area contributed by atoms with Crippen molar-refractivity contribution in [3.8, 4) is 17.6 Å². The van der Waals surface area contributed by atoms with E-state index in [0.29, 0.717) is 39.4 Å². The molecule has 0 spiro atoms. The molecule has 0 aromatic heterocycles. The van der Waals surface area contributed by atoms with Crippen molar-refractivity contribution in [3.63, 3.8) is 0 Å². The fraction of sp³-hybridized carbons (Fsp3) is 0.172. The van der Waals surface area contributed by atoms with Gasteiger partial charge in [0.05, 0.1) is 18.2 Å². The predicted molar refractivity (Wildman–Crippen MR) is 149 cm³/mol. The Morgan fingerprint density at radius 3 is 2.62 bits per heavy atom. The molecule has 0 saturated carbocycles. The minimum atomic E-state index is -0.692. The molecule has 0 unspecified atom stereocenters. The van der Waals surface area contributed by atoms with E-state index < -0.39 is 24.4 Å². The third-order valence-corrected chi connectivity index (χ3v) is 6.44. The summed E-state index contributed by atoms with van der Waals surface area (Å²) >= 11 is 3.49. The molecule has 3 aromatic rings. The number of urea groups is 1. The third kappa shape index (κ3) is 6.64. The number of hydrogen-bond acceptors (Lipinski definition) is 6. The van der Waals surface area contributed by atoms with E-state index in [1.807, 2.05) is 32.0 Å². The number of ether oxygens (including phenoxy) is 2. The molecule has 1 aliphatic rings. The van der Waals surface area contributed by atoms with Crippen LogP contribution < -0.4 is 20.1 Å². The number of amides is 4. The van der Waals surface area contributed by atoms with Crippen molar-refractivity contribution in [1.29, 1.82) is 5.26 Å². The van der Waals surface area contributed by atoms with Crippen LogP contribution in [-0.2, 0) is 16.2 Å². The van der Waals surface area contributed by atoms with Crippen molar-refractivity contribution in [2.75, 3.05) is 18.5 Å². The number of benzene rings is 3. The highest BCUT2D eigenvalue weighted by Gasteiger charge is 2.35. The summed E-state index contributed by atoms with van der Waals surface area (Å²) in [7, 11) is 0. The van der Waals surface area contributed by atoms with E-state index in [1.165, 1.54) is 6.08 Å². The molecule has 0 atom stereocenters. The monoisotopic (exact) mass is 588 g/mol. The number of halogens is 1. The topological polar surface area (TPSA) is 121 Å². The fourth-order valence-electron chi connectivity index (χ4n) is 3.89. The number of nitrogens with zero attached hydrogens (tertiary/aromatic N) is 2. The molecule has 0 radical (unpaired) electrons. The van der Waals surface area contributed by atoms with E-state index in [1.54, 1.807) is 42.5 Å². The standard InChI is InChI=1S/C29H25BrN4O5/c1-3-38-25-13-21(23(30)14-26(25)39-17-20-9-5-4-8-19(20)15-31)12-24-28(36)34(29(37)33-24)16-27(35)32-22-10-6-7-18(2)11-22/h4-14H,3,16-17H2,1-2H3,(H,32,35)(H,33,37)/b24-12+. The Bertz CT molecular complexity index is 1510. The first-order valence-corrected chi connectivity index (χ1v) is 12.9. The molecule has 2 N–H and O–H groups in total. The third-order valence-electron chi connectivity index (χ3n) is 5.75. The average Bonchev–Trinajstić information content (AvgIpc) is 3.17. The van der Waals surface area contributed by atoms with Crippen LogP contribution in [0.2, 0.25) is 0 Å². The Balaban J connectivity index is 1.51. The Labute approximate surface area is 234 Å². The van der Waals surface area contributed by atoms with Crippen LogP contribution in [0.5, 0.6) is 11.5 Å². The van der Waals surface area contributed by atoms with E-state index in [-0.39, 0.29) is 12.3 Å². The number of imide groups is 1. The minimum Gasteiger partial charge on any atom is -0.490 e. The van der Waals surface area contributed by atoms with Crippen molar-refractivity contribution in [2.45, 2.75) is 20.5 Å². The molecule has 4 rings (SSSR count). The summed E-state index contributed by atoms with van der Waals surface area (Å²) in [6.07, 6.45) is 1.50. The minimum absolute atomic E-state index is 0.0168. The number of carbonyl (C=O) groups excluding carboxylic acids is 3. The van der Waals surface area contributed by atoms with Crippen LogP contribution >= 0.6 is 15.9 Å². The lowest BCUT2D eigenvalue weighted by molar-refractivity contribution is -0.127. The summed E-state index contributed by atoms with van der Waals surface area (Å²) in [5.74, 6) is -0.259. The second kappa shape index (κ2) is 12.3. The van der Waals surface area contributed by atoms with Crippen molar-refractivity contribution < 1.29 is 23.9 Å². The first-order chi connectivity index (χ1) is 18.8. The lowest BCUT2D eigenvalue weighted by atomic mass is 10.1. The molecule has 3 aromatic carbocycles. The molecule has 1 fully saturated rings. The van der Waals surface area contributed by atoms with Crippen molar-refractivity contribution >= 4 is 45.5 Å². The highest BCUT2D eigenvalue weighted by molar-refractivity contribution is 9.10. The summed E-state index contributed by atoms with van der Waals surface area (Å²) in [5.41, 5.74) is 3.36. The van der Waals surface area contributed by atoms with Gasteiger partial charge in [0.1, 0.15) is 18.8 Å². The molecule has 4 amide bonds. The van der Waals surface area contributed by atoms with Gasteiger partial charge in [-0.3, -0.25) is 9.59 Å². The Kier molecular flexibility index (Phi) is 8.63. The lowest BCUT2D eigenvalue weighted by Crippen LogP contribution is -2.38. The van der Waals surface area contributed by atoms with Gasteiger partial charge in [0.15, 0.2) is 11.5 Å². The quantitative estimate of drug-likeness (QED) is 0.264. The van der Waals surface area contributed by atoms with Crippen molar-refractivity contribution in [3.05, 3.63) is 93.1 Å². The summed E-state index contributed by atoms with van der Waals surface area (Å²) in [6, 6.07) is 19.2. The molecule has 198 valence electrons. The average molecular weight is 589 g/mol. The predicted octanol–water partition coefficient (Wildman–Crippen LogP) is 5.14. The van der Waals surface area contributed by atoms with Crippen LogP contribution in [0.3, 0.4) is 0 Å². The Morgan fingerprint density at radius 1 is 1.10 bits per heavy atom. The van der Waals surface area contributed by atoms with Gasteiger partial charge < -0.3 is 20.1 Å². The molecule has 10 heteroatoms. The van der Waals surface area contributed by atoms with E-state index in [9.17, 15) is 19.6 Å². The van der Waals surface area contributed by atoms with Gasteiger partial charge in [-0.05, 0) is 61.4 Å². The maximum atomic E-state index is 13.0. The zero-order valence-electron chi connectivity index (χ0n) is 21.3. The molecule has 1 saturated heterocycles. The largest absolute Gasteiger partial charge is 0.490 e. The maximum Gasteiger partial charge on any atom is 0.329 e. The smallest absolute Gasteiger partial charge is 0.329 e. The molecule has 1 heterocycles. The van der Waals surface area contributed by atoms with Gasteiger partial charge in [-0.2, -0.15) is 5.26 Å². The number of nitriles is 1. The first kappa shape index (κ1) is 27.4. The normalized spacial score (nSPS) is 13.7. The first-order valence-electron chi connectivity index (χ1n) is 12.1. The molecule has 0 aliphatic carbocycles. The highest BCUT2D eigenvalue weighted by Crippen LogP contribution is 2.36. The number of carbonyl (C=O) groups is 3. The molecule has 39 heavy (non-hydrogen) atoms. The van der Waals surface area contributed by atoms with Crippen LogP contribution in [0.15, 0.2) is 70.8 Å². The fourth-order valence-corrected chi connectivity index (χ4v) is 4.33. The summed E-state index contributed by atoms with van der Waals surface area (Å²) in [4.78, 5) is 38.8. The van der Waals surface area contributed by atoms with Crippen LogP contribution in [0.25, 0.3) is 6.08 Å². The molecule has 1 aliphatic heterocycles. The van der Waals surface area contributed by atoms with Gasteiger partial charge in [0, 0.05) is 15.7 Å². The maximum absolute atomic E-state index is 13.0. The van der Waals surface area contributed by atoms with Gasteiger partial charge in [-0.1, -0.05) is 46.3 Å². The number of hydrogen-bond donors (Lipinski definition) is 2. The summed E-state index contributed by atoms with van der Waals surface area (Å²) in [5, 5.41) is 14.5. The number of anilines is 1.